The number of halogens is 3. The van der Waals surface area contributed by atoms with Gasteiger partial charge in [0.15, 0.2) is 0 Å². The summed E-state index contributed by atoms with van der Waals surface area (Å²) in [5, 5.41) is -0.340. The van der Waals surface area contributed by atoms with Crippen molar-refractivity contribution in [1.29, 1.82) is 0 Å². The van der Waals surface area contributed by atoms with E-state index in [-0.39, 0.29) is 11.2 Å². The van der Waals surface area contributed by atoms with Crippen LogP contribution in [0.4, 0.5) is 4.39 Å². The average Bonchev–Trinajstić information content (AvgIpc) is 2.68. The van der Waals surface area contributed by atoms with Crippen LogP contribution in [0.25, 0.3) is 0 Å². The standard InChI is InChI=1S/C12H9Cl2FS/c1-7-2-3-8(6-9(7)15)12(14)10-4-5-11(13)16-10/h2-6,12H,1H3. The molecule has 1 aromatic carbocycles. The van der Waals surface area contributed by atoms with Crippen LogP contribution in [0.3, 0.4) is 0 Å². The van der Waals surface area contributed by atoms with Crippen molar-refractivity contribution in [2.24, 2.45) is 0 Å². The van der Waals surface area contributed by atoms with Crippen molar-refractivity contribution in [2.75, 3.05) is 0 Å². The van der Waals surface area contributed by atoms with E-state index in [1.165, 1.54) is 17.4 Å². The second-order valence-corrected chi connectivity index (χ2v) is 5.70. The van der Waals surface area contributed by atoms with E-state index in [1.807, 2.05) is 12.1 Å². The molecule has 0 nitrogen and oxygen atoms in total. The lowest BCUT2D eigenvalue weighted by Crippen LogP contribution is -1.92. The maximum Gasteiger partial charge on any atom is 0.126 e. The molecule has 0 aliphatic heterocycles. The molecule has 0 radical (unpaired) electrons. The Bertz CT molecular complexity index is 507. The minimum absolute atomic E-state index is 0.231. The molecule has 0 bridgehead atoms. The van der Waals surface area contributed by atoms with E-state index in [2.05, 4.69) is 0 Å². The van der Waals surface area contributed by atoms with Crippen LogP contribution < -0.4 is 0 Å². The van der Waals surface area contributed by atoms with E-state index in [4.69, 9.17) is 23.2 Å². The fraction of sp³-hybridized carbons (Fsp3) is 0.167. The summed E-state index contributed by atoms with van der Waals surface area (Å²) in [5.41, 5.74) is 1.38. The van der Waals surface area contributed by atoms with Crippen LogP contribution in [0.15, 0.2) is 30.3 Å². The average molecular weight is 275 g/mol. The molecule has 1 heterocycles. The summed E-state index contributed by atoms with van der Waals surface area (Å²) in [6, 6.07) is 8.70. The van der Waals surface area contributed by atoms with Gasteiger partial charge >= 0.3 is 0 Å². The second-order valence-electron chi connectivity index (χ2n) is 3.51. The maximum absolute atomic E-state index is 13.4. The van der Waals surface area contributed by atoms with Crippen LogP contribution in [0.2, 0.25) is 4.34 Å². The Hall–Kier alpha value is -0.570. The summed E-state index contributed by atoms with van der Waals surface area (Å²) in [7, 11) is 0. The maximum atomic E-state index is 13.4. The highest BCUT2D eigenvalue weighted by atomic mass is 35.5. The third-order valence-corrected chi connectivity index (χ3v) is 4.24. The molecule has 1 aromatic heterocycles. The first-order chi connectivity index (χ1) is 7.58. The molecular weight excluding hydrogens is 266 g/mol. The first-order valence-electron chi connectivity index (χ1n) is 4.73. The van der Waals surface area contributed by atoms with E-state index in [0.29, 0.717) is 9.90 Å². The summed E-state index contributed by atoms with van der Waals surface area (Å²) in [6.07, 6.45) is 0. The third kappa shape index (κ3) is 2.40. The van der Waals surface area contributed by atoms with Gasteiger partial charge < -0.3 is 0 Å². The second kappa shape index (κ2) is 4.74. The molecule has 84 valence electrons. The summed E-state index contributed by atoms with van der Waals surface area (Å²) < 4.78 is 14.1. The highest BCUT2D eigenvalue weighted by Crippen LogP contribution is 2.35. The minimum Gasteiger partial charge on any atom is -0.207 e. The summed E-state index contributed by atoms with van der Waals surface area (Å²) in [6.45, 7) is 1.73. The van der Waals surface area contributed by atoms with E-state index in [9.17, 15) is 4.39 Å². The van der Waals surface area contributed by atoms with Gasteiger partial charge in [0, 0.05) is 4.88 Å². The lowest BCUT2D eigenvalue weighted by Gasteiger charge is -2.08. The molecule has 2 rings (SSSR count). The summed E-state index contributed by atoms with van der Waals surface area (Å²) in [4.78, 5) is 0.926. The lowest BCUT2D eigenvalue weighted by molar-refractivity contribution is 0.616. The van der Waals surface area contributed by atoms with Gasteiger partial charge in [0.2, 0.25) is 0 Å². The zero-order valence-corrected chi connectivity index (χ0v) is 10.8. The van der Waals surface area contributed by atoms with Crippen molar-refractivity contribution in [1.82, 2.24) is 0 Å². The Morgan fingerprint density at radius 3 is 2.56 bits per heavy atom. The Kier molecular flexibility index (Phi) is 3.53. The van der Waals surface area contributed by atoms with Crippen molar-refractivity contribution >= 4 is 34.5 Å². The van der Waals surface area contributed by atoms with Gasteiger partial charge in [-0.1, -0.05) is 23.7 Å². The molecule has 0 saturated carbocycles. The van der Waals surface area contributed by atoms with Gasteiger partial charge in [-0.25, -0.2) is 4.39 Å². The Balaban J connectivity index is 2.33. The van der Waals surface area contributed by atoms with Gasteiger partial charge in [-0.2, -0.15) is 0 Å². The molecule has 0 fully saturated rings. The predicted octanol–water partition coefficient (Wildman–Crippen LogP) is 5.18. The molecule has 0 aliphatic carbocycles. The number of alkyl halides is 1. The van der Waals surface area contributed by atoms with Crippen molar-refractivity contribution in [3.8, 4) is 0 Å². The van der Waals surface area contributed by atoms with E-state index >= 15 is 0 Å². The molecule has 2 aromatic rings. The van der Waals surface area contributed by atoms with Gasteiger partial charge in [0.25, 0.3) is 0 Å². The van der Waals surface area contributed by atoms with Crippen molar-refractivity contribution in [3.05, 3.63) is 56.5 Å². The van der Waals surface area contributed by atoms with E-state index in [1.54, 1.807) is 19.1 Å². The molecule has 0 spiro atoms. The molecule has 1 unspecified atom stereocenters. The molecule has 0 N–H and O–H groups in total. The highest BCUT2D eigenvalue weighted by molar-refractivity contribution is 7.16. The Morgan fingerprint density at radius 2 is 2.00 bits per heavy atom. The van der Waals surface area contributed by atoms with E-state index < -0.39 is 0 Å². The number of benzene rings is 1. The van der Waals surface area contributed by atoms with Crippen LogP contribution in [0, 0.1) is 12.7 Å². The van der Waals surface area contributed by atoms with Gasteiger partial charge in [0.1, 0.15) is 5.82 Å². The topological polar surface area (TPSA) is 0 Å². The smallest absolute Gasteiger partial charge is 0.126 e. The molecular formula is C12H9Cl2FS. The number of rotatable bonds is 2. The fourth-order valence-electron chi connectivity index (χ4n) is 1.40. The third-order valence-electron chi connectivity index (χ3n) is 2.33. The molecule has 1 atom stereocenters. The van der Waals surface area contributed by atoms with Crippen molar-refractivity contribution < 1.29 is 4.39 Å². The fourth-order valence-corrected chi connectivity index (χ4v) is 2.80. The number of hydrogen-bond acceptors (Lipinski definition) is 1. The number of aryl methyl sites for hydroxylation is 1. The summed E-state index contributed by atoms with van der Waals surface area (Å²) >= 11 is 13.5. The van der Waals surface area contributed by atoms with Crippen LogP contribution >= 0.6 is 34.5 Å². The predicted molar refractivity (Wildman–Crippen MR) is 68.2 cm³/mol. The molecule has 0 saturated heterocycles. The number of thiophene rings is 1. The molecule has 4 heteroatoms. The van der Waals surface area contributed by atoms with Crippen LogP contribution in [0.5, 0.6) is 0 Å². The van der Waals surface area contributed by atoms with Crippen LogP contribution in [-0.2, 0) is 0 Å². The highest BCUT2D eigenvalue weighted by Gasteiger charge is 2.14. The van der Waals surface area contributed by atoms with Gasteiger partial charge in [0.05, 0.1) is 9.71 Å². The SMILES string of the molecule is Cc1ccc(C(Cl)c2ccc(Cl)s2)cc1F. The van der Waals surface area contributed by atoms with Crippen molar-refractivity contribution in [2.45, 2.75) is 12.3 Å². The molecule has 16 heavy (non-hydrogen) atoms. The Morgan fingerprint density at radius 1 is 1.25 bits per heavy atom. The first kappa shape index (κ1) is 11.9. The van der Waals surface area contributed by atoms with Crippen molar-refractivity contribution in [3.63, 3.8) is 0 Å². The zero-order valence-electron chi connectivity index (χ0n) is 8.51. The van der Waals surface area contributed by atoms with Crippen LogP contribution in [-0.4, -0.2) is 0 Å². The van der Waals surface area contributed by atoms with E-state index in [0.717, 1.165) is 10.4 Å². The molecule has 0 amide bonds. The lowest BCUT2D eigenvalue weighted by atomic mass is 10.1. The number of hydrogen-bond donors (Lipinski definition) is 0. The summed E-state index contributed by atoms with van der Waals surface area (Å²) in [5.74, 6) is -0.231. The largest absolute Gasteiger partial charge is 0.207 e. The quantitative estimate of drug-likeness (QED) is 0.663. The van der Waals surface area contributed by atoms with Gasteiger partial charge in [-0.15, -0.1) is 22.9 Å². The monoisotopic (exact) mass is 274 g/mol. The van der Waals surface area contributed by atoms with Gasteiger partial charge in [-0.05, 0) is 36.2 Å². The zero-order chi connectivity index (χ0) is 11.7. The molecule has 0 aliphatic rings. The Labute approximate surface area is 108 Å². The first-order valence-corrected chi connectivity index (χ1v) is 6.36. The normalized spacial score (nSPS) is 12.8. The minimum atomic E-state index is -0.340. The van der Waals surface area contributed by atoms with Crippen LogP contribution in [0.1, 0.15) is 21.4 Å². The van der Waals surface area contributed by atoms with Gasteiger partial charge in [-0.3, -0.25) is 0 Å².